The largest absolute Gasteiger partial charge is 0.494 e. The van der Waals surface area contributed by atoms with Crippen LogP contribution in [0.15, 0.2) is 48.5 Å². The van der Waals surface area contributed by atoms with Crippen molar-refractivity contribution in [3.8, 4) is 5.88 Å². The first-order valence-corrected chi connectivity index (χ1v) is 7.07. The summed E-state index contributed by atoms with van der Waals surface area (Å²) in [4.78, 5) is 12.5. The van der Waals surface area contributed by atoms with Crippen molar-refractivity contribution in [2.24, 2.45) is 7.05 Å². The molecule has 1 N–H and O–H groups in total. The van der Waals surface area contributed by atoms with Gasteiger partial charge in [-0.25, -0.2) is 4.79 Å². The molecule has 0 saturated carbocycles. The van der Waals surface area contributed by atoms with Gasteiger partial charge in [-0.05, 0) is 18.1 Å². The Morgan fingerprint density at radius 1 is 1.18 bits per heavy atom. The van der Waals surface area contributed by atoms with Crippen LogP contribution in [0.5, 0.6) is 5.88 Å². The Kier molecular flexibility index (Phi) is 3.59. The number of esters is 1. The van der Waals surface area contributed by atoms with E-state index in [4.69, 9.17) is 4.74 Å². The van der Waals surface area contributed by atoms with Crippen LogP contribution in [0.3, 0.4) is 0 Å². The van der Waals surface area contributed by atoms with Crippen molar-refractivity contribution >= 4 is 16.9 Å². The molecule has 4 nitrogen and oxygen atoms in total. The van der Waals surface area contributed by atoms with E-state index in [1.54, 1.807) is 17.7 Å². The van der Waals surface area contributed by atoms with Crippen molar-refractivity contribution in [3.05, 3.63) is 65.2 Å². The summed E-state index contributed by atoms with van der Waals surface area (Å²) in [7, 11) is 1.73. The quantitative estimate of drug-likeness (QED) is 0.752. The van der Waals surface area contributed by atoms with Crippen molar-refractivity contribution in [1.29, 1.82) is 0 Å². The maximum atomic E-state index is 12.5. The minimum Gasteiger partial charge on any atom is -0.494 e. The van der Waals surface area contributed by atoms with Gasteiger partial charge in [0.1, 0.15) is 6.61 Å². The molecule has 0 unspecified atom stereocenters. The van der Waals surface area contributed by atoms with E-state index in [-0.39, 0.29) is 18.5 Å². The fraction of sp³-hybridized carbons (Fsp3) is 0.167. The Morgan fingerprint density at radius 2 is 1.91 bits per heavy atom. The Balaban J connectivity index is 1.95. The molecule has 3 aromatic rings. The number of carbonyl (C=O) groups excluding carboxylic acids is 1. The summed E-state index contributed by atoms with van der Waals surface area (Å²) in [6.45, 7) is 2.09. The summed E-state index contributed by atoms with van der Waals surface area (Å²) in [6.07, 6.45) is 0. The smallest absolute Gasteiger partial charge is 0.340 e. The number of aromatic hydroxyl groups is 1. The van der Waals surface area contributed by atoms with Crippen LogP contribution in [0.2, 0.25) is 0 Å². The number of benzene rings is 2. The third-order valence-corrected chi connectivity index (χ3v) is 3.80. The lowest BCUT2D eigenvalue weighted by Gasteiger charge is -2.10. The SMILES string of the molecule is Cc1ccc2cc(O)n(C)c2c1C(=O)OCc1ccccc1. The molecule has 2 aromatic carbocycles. The molecule has 0 atom stereocenters. The zero-order valence-corrected chi connectivity index (χ0v) is 12.5. The van der Waals surface area contributed by atoms with Gasteiger partial charge in [-0.1, -0.05) is 42.5 Å². The number of hydrogen-bond acceptors (Lipinski definition) is 3. The van der Waals surface area contributed by atoms with Crippen molar-refractivity contribution in [1.82, 2.24) is 4.57 Å². The molecule has 0 saturated heterocycles. The molecule has 0 aliphatic heterocycles. The Bertz CT molecular complexity index is 834. The van der Waals surface area contributed by atoms with Gasteiger partial charge in [0, 0.05) is 18.5 Å². The summed E-state index contributed by atoms with van der Waals surface area (Å²) in [5.74, 6) is -0.258. The second-order valence-corrected chi connectivity index (χ2v) is 5.32. The molecule has 1 heterocycles. The molecule has 3 rings (SSSR count). The average Bonchev–Trinajstić information content (AvgIpc) is 2.81. The van der Waals surface area contributed by atoms with E-state index in [9.17, 15) is 9.90 Å². The number of carbonyl (C=O) groups is 1. The lowest BCUT2D eigenvalue weighted by molar-refractivity contribution is 0.0474. The molecule has 22 heavy (non-hydrogen) atoms. The summed E-state index contributed by atoms with van der Waals surface area (Å²) >= 11 is 0. The number of ether oxygens (including phenoxy) is 1. The molecular weight excluding hydrogens is 278 g/mol. The highest BCUT2D eigenvalue weighted by Crippen LogP contribution is 2.29. The standard InChI is InChI=1S/C18H17NO3/c1-12-8-9-14-10-15(20)19(2)17(14)16(12)18(21)22-11-13-6-4-3-5-7-13/h3-10,20H,11H2,1-2H3. The van der Waals surface area contributed by atoms with Gasteiger partial charge in [0.2, 0.25) is 0 Å². The van der Waals surface area contributed by atoms with Crippen LogP contribution in [0.4, 0.5) is 0 Å². The number of fused-ring (bicyclic) bond motifs is 1. The first-order chi connectivity index (χ1) is 10.6. The summed E-state index contributed by atoms with van der Waals surface area (Å²) in [6, 6.07) is 14.9. The van der Waals surface area contributed by atoms with E-state index in [0.29, 0.717) is 11.1 Å². The van der Waals surface area contributed by atoms with Gasteiger partial charge in [0.05, 0.1) is 11.1 Å². The fourth-order valence-electron chi connectivity index (χ4n) is 2.59. The van der Waals surface area contributed by atoms with Gasteiger partial charge in [-0.15, -0.1) is 0 Å². The normalized spacial score (nSPS) is 10.8. The maximum Gasteiger partial charge on any atom is 0.340 e. The third-order valence-electron chi connectivity index (χ3n) is 3.80. The van der Waals surface area contributed by atoms with E-state index < -0.39 is 0 Å². The fourth-order valence-corrected chi connectivity index (χ4v) is 2.59. The Labute approximate surface area is 128 Å². The van der Waals surface area contributed by atoms with E-state index in [0.717, 1.165) is 16.5 Å². The topological polar surface area (TPSA) is 51.5 Å². The number of aryl methyl sites for hydroxylation is 2. The van der Waals surface area contributed by atoms with Gasteiger partial charge in [0.25, 0.3) is 0 Å². The van der Waals surface area contributed by atoms with Crippen LogP contribution in [0, 0.1) is 6.92 Å². The van der Waals surface area contributed by atoms with Crippen molar-refractivity contribution in [2.45, 2.75) is 13.5 Å². The molecule has 0 bridgehead atoms. The summed E-state index contributed by atoms with van der Waals surface area (Å²) in [5, 5.41) is 10.7. The highest BCUT2D eigenvalue weighted by Gasteiger charge is 2.19. The Hall–Kier alpha value is -2.75. The summed E-state index contributed by atoms with van der Waals surface area (Å²) in [5.41, 5.74) is 2.95. The van der Waals surface area contributed by atoms with Crippen LogP contribution >= 0.6 is 0 Å². The van der Waals surface area contributed by atoms with Crippen molar-refractivity contribution < 1.29 is 14.6 Å². The van der Waals surface area contributed by atoms with Crippen molar-refractivity contribution in [3.63, 3.8) is 0 Å². The van der Waals surface area contributed by atoms with Crippen molar-refractivity contribution in [2.75, 3.05) is 0 Å². The molecule has 4 heteroatoms. The lowest BCUT2D eigenvalue weighted by Crippen LogP contribution is -2.09. The molecule has 1 aromatic heterocycles. The van der Waals surface area contributed by atoms with Gasteiger partial charge in [-0.3, -0.25) is 0 Å². The van der Waals surface area contributed by atoms with Crippen LogP contribution < -0.4 is 0 Å². The predicted octanol–water partition coefficient (Wildman–Crippen LogP) is 3.55. The molecule has 112 valence electrons. The molecule has 0 fully saturated rings. The van der Waals surface area contributed by atoms with E-state index >= 15 is 0 Å². The zero-order chi connectivity index (χ0) is 15.7. The third kappa shape index (κ3) is 2.44. The highest BCUT2D eigenvalue weighted by molar-refractivity contribution is 6.05. The first kappa shape index (κ1) is 14.2. The monoisotopic (exact) mass is 295 g/mol. The number of hydrogen-bond donors (Lipinski definition) is 1. The average molecular weight is 295 g/mol. The lowest BCUT2D eigenvalue weighted by atomic mass is 10.1. The van der Waals surface area contributed by atoms with Gasteiger partial charge < -0.3 is 14.4 Å². The minimum absolute atomic E-state index is 0.123. The number of rotatable bonds is 3. The van der Waals surface area contributed by atoms with Crippen LogP contribution in [-0.2, 0) is 18.4 Å². The van der Waals surface area contributed by atoms with Crippen LogP contribution in [-0.4, -0.2) is 15.6 Å². The molecule has 0 spiro atoms. The van der Waals surface area contributed by atoms with E-state index in [1.165, 1.54) is 0 Å². The number of nitrogens with zero attached hydrogens (tertiary/aromatic N) is 1. The minimum atomic E-state index is -0.381. The zero-order valence-electron chi connectivity index (χ0n) is 12.5. The van der Waals surface area contributed by atoms with Gasteiger partial charge >= 0.3 is 5.97 Å². The van der Waals surface area contributed by atoms with Gasteiger partial charge in [0.15, 0.2) is 5.88 Å². The van der Waals surface area contributed by atoms with E-state index in [1.807, 2.05) is 49.4 Å². The first-order valence-electron chi connectivity index (χ1n) is 7.07. The summed E-state index contributed by atoms with van der Waals surface area (Å²) < 4.78 is 7.03. The highest BCUT2D eigenvalue weighted by atomic mass is 16.5. The molecule has 0 radical (unpaired) electrons. The molecular formula is C18H17NO3. The number of aromatic nitrogens is 1. The molecule has 0 aliphatic carbocycles. The maximum absolute atomic E-state index is 12.5. The molecule has 0 aliphatic rings. The second-order valence-electron chi connectivity index (χ2n) is 5.32. The van der Waals surface area contributed by atoms with Gasteiger partial charge in [-0.2, -0.15) is 0 Å². The Morgan fingerprint density at radius 3 is 2.64 bits per heavy atom. The molecule has 0 amide bonds. The second kappa shape index (κ2) is 5.56. The van der Waals surface area contributed by atoms with E-state index in [2.05, 4.69) is 0 Å². The van der Waals surface area contributed by atoms with Crippen LogP contribution in [0.1, 0.15) is 21.5 Å². The van der Waals surface area contributed by atoms with Crippen LogP contribution in [0.25, 0.3) is 10.9 Å². The predicted molar refractivity (Wildman–Crippen MR) is 84.9 cm³/mol.